The summed E-state index contributed by atoms with van der Waals surface area (Å²) < 4.78 is 0. The molecule has 0 aromatic carbocycles. The minimum absolute atomic E-state index is 0.508. The Morgan fingerprint density at radius 2 is 2.27 bits per heavy atom. The predicted octanol–water partition coefficient (Wildman–Crippen LogP) is 3.04. The van der Waals surface area contributed by atoms with Crippen LogP contribution in [0.1, 0.15) is 31.5 Å². The van der Waals surface area contributed by atoms with Crippen LogP contribution in [0.5, 0.6) is 0 Å². The fourth-order valence-electron chi connectivity index (χ4n) is 1.81. The summed E-state index contributed by atoms with van der Waals surface area (Å²) in [5.41, 5.74) is 0. The molecule has 0 atom stereocenters. The minimum Gasteiger partial charge on any atom is -0.370 e. The van der Waals surface area contributed by atoms with Gasteiger partial charge in [-0.15, -0.1) is 0 Å². The Labute approximate surface area is 95.3 Å². The topological polar surface area (TPSA) is 37.8 Å². The number of nitrogens with zero attached hydrogens (tertiary/aromatic N) is 2. The molecule has 0 bridgehead atoms. The van der Waals surface area contributed by atoms with Gasteiger partial charge in [0.2, 0.25) is 0 Å². The van der Waals surface area contributed by atoms with Gasteiger partial charge in [-0.05, 0) is 19.3 Å². The molecule has 0 radical (unpaired) electrons. The summed E-state index contributed by atoms with van der Waals surface area (Å²) >= 11 is 5.84. The van der Waals surface area contributed by atoms with Crippen LogP contribution in [-0.2, 0) is 0 Å². The molecule has 1 aliphatic rings. The minimum atomic E-state index is 0.508. The lowest BCUT2D eigenvalue weighted by Gasteiger charge is -2.25. The van der Waals surface area contributed by atoms with E-state index >= 15 is 0 Å². The number of nitrogens with one attached hydrogen (secondary N) is 1. The molecule has 1 saturated carbocycles. The summed E-state index contributed by atoms with van der Waals surface area (Å²) in [6.45, 7) is 2.83. The van der Waals surface area contributed by atoms with Gasteiger partial charge >= 0.3 is 0 Å². The summed E-state index contributed by atoms with van der Waals surface area (Å²) in [5.74, 6) is 2.48. The van der Waals surface area contributed by atoms with E-state index in [1.165, 1.54) is 25.7 Å². The van der Waals surface area contributed by atoms with Crippen molar-refractivity contribution in [2.24, 2.45) is 5.92 Å². The Hall–Kier alpha value is -0.830. The van der Waals surface area contributed by atoms with Gasteiger partial charge in [-0.3, -0.25) is 0 Å². The van der Waals surface area contributed by atoms with Gasteiger partial charge in [-0.25, -0.2) is 9.97 Å². The molecule has 0 aliphatic heterocycles. The van der Waals surface area contributed by atoms with E-state index < -0.39 is 0 Å². The van der Waals surface area contributed by atoms with E-state index in [4.69, 9.17) is 11.6 Å². The predicted molar refractivity (Wildman–Crippen MR) is 62.2 cm³/mol. The van der Waals surface area contributed by atoms with Crippen LogP contribution < -0.4 is 5.32 Å². The van der Waals surface area contributed by atoms with Crippen molar-refractivity contribution in [2.45, 2.75) is 32.6 Å². The number of aromatic nitrogens is 2. The summed E-state index contributed by atoms with van der Waals surface area (Å²) in [7, 11) is 0. The molecule has 1 heterocycles. The van der Waals surface area contributed by atoms with Gasteiger partial charge in [-0.1, -0.05) is 30.9 Å². The number of hydrogen-bond acceptors (Lipinski definition) is 3. The van der Waals surface area contributed by atoms with Crippen molar-refractivity contribution in [1.29, 1.82) is 0 Å². The first-order valence-electron chi connectivity index (χ1n) is 5.49. The average molecular weight is 226 g/mol. The van der Waals surface area contributed by atoms with Crippen LogP contribution in [0.4, 0.5) is 5.82 Å². The smallest absolute Gasteiger partial charge is 0.134 e. The van der Waals surface area contributed by atoms with Crippen LogP contribution in [0, 0.1) is 12.8 Å². The fraction of sp³-hybridized carbons (Fsp3) is 0.636. The lowest BCUT2D eigenvalue weighted by Crippen LogP contribution is -2.16. The van der Waals surface area contributed by atoms with Crippen molar-refractivity contribution in [2.75, 3.05) is 11.9 Å². The highest BCUT2D eigenvalue weighted by atomic mass is 35.5. The Bertz CT molecular complexity index is 316. The SMILES string of the molecule is Cc1nc(Cl)cc(NCCC2CCC2)n1. The third-order valence-corrected chi connectivity index (χ3v) is 3.08. The van der Waals surface area contributed by atoms with E-state index in [9.17, 15) is 0 Å². The second kappa shape index (κ2) is 4.79. The van der Waals surface area contributed by atoms with E-state index in [0.29, 0.717) is 11.0 Å². The molecule has 0 amide bonds. The summed E-state index contributed by atoms with van der Waals surface area (Å²) in [6, 6.07) is 1.77. The molecule has 1 aliphatic carbocycles. The van der Waals surface area contributed by atoms with Crippen LogP contribution in [0.15, 0.2) is 6.07 Å². The lowest BCUT2D eigenvalue weighted by atomic mass is 9.83. The molecule has 3 nitrogen and oxygen atoms in total. The lowest BCUT2D eigenvalue weighted by molar-refractivity contribution is 0.303. The molecular weight excluding hydrogens is 210 g/mol. The van der Waals surface area contributed by atoms with Crippen LogP contribution >= 0.6 is 11.6 Å². The molecule has 0 saturated heterocycles. The molecule has 1 aromatic heterocycles. The van der Waals surface area contributed by atoms with Gasteiger partial charge in [0.15, 0.2) is 0 Å². The van der Waals surface area contributed by atoms with Gasteiger partial charge < -0.3 is 5.32 Å². The number of aryl methyl sites for hydroxylation is 1. The first-order chi connectivity index (χ1) is 7.24. The highest BCUT2D eigenvalue weighted by Crippen LogP contribution is 2.29. The fourth-order valence-corrected chi connectivity index (χ4v) is 2.03. The van der Waals surface area contributed by atoms with Crippen LogP contribution in [0.3, 0.4) is 0 Å². The number of anilines is 1. The summed E-state index contributed by atoms with van der Waals surface area (Å²) in [4.78, 5) is 8.29. The van der Waals surface area contributed by atoms with E-state index in [2.05, 4.69) is 15.3 Å². The first kappa shape index (κ1) is 10.7. The Balaban J connectivity index is 1.81. The summed E-state index contributed by atoms with van der Waals surface area (Å²) in [5, 5.41) is 3.80. The zero-order valence-electron chi connectivity index (χ0n) is 8.96. The highest BCUT2D eigenvalue weighted by molar-refractivity contribution is 6.29. The van der Waals surface area contributed by atoms with Gasteiger partial charge in [0.1, 0.15) is 16.8 Å². The monoisotopic (exact) mass is 225 g/mol. The van der Waals surface area contributed by atoms with Crippen LogP contribution in [0.2, 0.25) is 5.15 Å². The molecule has 1 fully saturated rings. The van der Waals surface area contributed by atoms with Crippen molar-refractivity contribution in [3.63, 3.8) is 0 Å². The third-order valence-electron chi connectivity index (χ3n) is 2.89. The van der Waals surface area contributed by atoms with Crippen molar-refractivity contribution in [3.05, 3.63) is 17.0 Å². The zero-order valence-corrected chi connectivity index (χ0v) is 9.72. The number of halogens is 1. The maximum absolute atomic E-state index is 5.84. The molecule has 2 rings (SSSR count). The van der Waals surface area contributed by atoms with Gasteiger partial charge in [0.25, 0.3) is 0 Å². The molecule has 4 heteroatoms. The Kier molecular flexibility index (Phi) is 3.41. The average Bonchev–Trinajstić information content (AvgIpc) is 2.07. The standard InChI is InChI=1S/C11H16ClN3/c1-8-14-10(12)7-11(15-8)13-6-5-9-3-2-4-9/h7,9H,2-6H2,1H3,(H,13,14,15). The molecular formula is C11H16ClN3. The highest BCUT2D eigenvalue weighted by Gasteiger charge is 2.16. The van der Waals surface area contributed by atoms with Crippen molar-refractivity contribution < 1.29 is 0 Å². The number of hydrogen-bond donors (Lipinski definition) is 1. The van der Waals surface area contributed by atoms with Crippen LogP contribution in [-0.4, -0.2) is 16.5 Å². The second-order valence-electron chi connectivity index (χ2n) is 4.14. The molecule has 0 spiro atoms. The maximum atomic E-state index is 5.84. The van der Waals surface area contributed by atoms with E-state index in [1.807, 2.05) is 6.92 Å². The maximum Gasteiger partial charge on any atom is 0.134 e. The van der Waals surface area contributed by atoms with E-state index in [-0.39, 0.29) is 0 Å². The number of rotatable bonds is 4. The first-order valence-corrected chi connectivity index (χ1v) is 5.87. The van der Waals surface area contributed by atoms with E-state index in [1.54, 1.807) is 6.07 Å². The molecule has 1 N–H and O–H groups in total. The van der Waals surface area contributed by atoms with Crippen molar-refractivity contribution in [1.82, 2.24) is 9.97 Å². The molecule has 82 valence electrons. The van der Waals surface area contributed by atoms with Gasteiger partial charge in [0, 0.05) is 12.6 Å². The summed E-state index contributed by atoms with van der Waals surface area (Å²) in [6.07, 6.45) is 5.43. The largest absolute Gasteiger partial charge is 0.370 e. The van der Waals surface area contributed by atoms with Gasteiger partial charge in [0.05, 0.1) is 0 Å². The second-order valence-corrected chi connectivity index (χ2v) is 4.52. The Morgan fingerprint density at radius 3 is 2.87 bits per heavy atom. The van der Waals surface area contributed by atoms with Crippen LogP contribution in [0.25, 0.3) is 0 Å². The molecule has 15 heavy (non-hydrogen) atoms. The quantitative estimate of drug-likeness (QED) is 0.801. The zero-order chi connectivity index (χ0) is 10.7. The Morgan fingerprint density at radius 1 is 1.47 bits per heavy atom. The molecule has 1 aromatic rings. The van der Waals surface area contributed by atoms with Crippen molar-refractivity contribution >= 4 is 17.4 Å². The normalized spacial score (nSPS) is 16.1. The third kappa shape index (κ3) is 3.06. The molecule has 0 unspecified atom stereocenters. The van der Waals surface area contributed by atoms with Gasteiger partial charge in [-0.2, -0.15) is 0 Å². The van der Waals surface area contributed by atoms with E-state index in [0.717, 1.165) is 18.3 Å². The van der Waals surface area contributed by atoms with Crippen molar-refractivity contribution in [3.8, 4) is 0 Å².